The van der Waals surface area contributed by atoms with Gasteiger partial charge in [-0.05, 0) is 25.8 Å². The van der Waals surface area contributed by atoms with Crippen molar-refractivity contribution in [3.63, 3.8) is 0 Å². The number of hydrogen-bond donors (Lipinski definition) is 2. The molecule has 54 valence electrons. The van der Waals surface area contributed by atoms with E-state index < -0.39 is 0 Å². The molecule has 9 heavy (non-hydrogen) atoms. The van der Waals surface area contributed by atoms with Gasteiger partial charge in [-0.15, -0.1) is 0 Å². The van der Waals surface area contributed by atoms with E-state index in [9.17, 15) is 5.11 Å². The van der Waals surface area contributed by atoms with E-state index in [4.69, 9.17) is 4.18 Å². The quantitative estimate of drug-likeness (QED) is 0.431. The van der Waals surface area contributed by atoms with Crippen LogP contribution < -0.4 is 0 Å². The molecule has 0 aliphatic heterocycles. The summed E-state index contributed by atoms with van der Waals surface area (Å²) in [5.41, 5.74) is 0. The van der Waals surface area contributed by atoms with Gasteiger partial charge in [0.25, 0.3) is 0 Å². The largest absolute Gasteiger partial charge is 0.390 e. The summed E-state index contributed by atoms with van der Waals surface area (Å²) in [5, 5.41) is 9.20. The molecule has 0 aromatic carbocycles. The lowest BCUT2D eigenvalue weighted by Gasteiger charge is -2.24. The van der Waals surface area contributed by atoms with Gasteiger partial charge in [0.15, 0.2) is 0 Å². The van der Waals surface area contributed by atoms with Crippen molar-refractivity contribution in [2.45, 2.75) is 37.9 Å². The van der Waals surface area contributed by atoms with E-state index in [0.717, 1.165) is 25.7 Å². The molecule has 1 aliphatic rings. The van der Waals surface area contributed by atoms with Crippen molar-refractivity contribution in [1.29, 1.82) is 0 Å². The fourth-order valence-electron chi connectivity index (χ4n) is 1.20. The molecule has 0 saturated heterocycles. The highest BCUT2D eigenvalue weighted by Gasteiger charge is 2.22. The molecule has 1 aliphatic carbocycles. The Kier molecular flexibility index (Phi) is 2.82. The second-order valence-electron chi connectivity index (χ2n) is 2.50. The molecule has 0 bridgehead atoms. The highest BCUT2D eigenvalue weighted by Crippen LogP contribution is 2.21. The molecule has 0 aromatic heterocycles. The Morgan fingerprint density at radius 1 is 1.33 bits per heavy atom. The molecule has 2 nitrogen and oxygen atoms in total. The van der Waals surface area contributed by atoms with Crippen molar-refractivity contribution >= 4 is 12.9 Å². The van der Waals surface area contributed by atoms with Crippen molar-refractivity contribution in [2.24, 2.45) is 0 Å². The number of aliphatic hydroxyl groups is 1. The molecule has 1 fully saturated rings. The van der Waals surface area contributed by atoms with E-state index in [1.807, 2.05) is 0 Å². The van der Waals surface area contributed by atoms with Gasteiger partial charge >= 0.3 is 0 Å². The lowest BCUT2D eigenvalue weighted by molar-refractivity contribution is 0.0196. The molecule has 0 spiro atoms. The maximum Gasteiger partial charge on any atom is 0.0977 e. The van der Waals surface area contributed by atoms with Crippen LogP contribution in [0, 0.1) is 0 Å². The maximum absolute atomic E-state index is 9.20. The zero-order valence-electron chi connectivity index (χ0n) is 5.29. The average molecular weight is 148 g/mol. The SMILES string of the molecule is O[C@H]1CCCC[C@H]1OS. The fourth-order valence-corrected chi connectivity index (χ4v) is 1.45. The van der Waals surface area contributed by atoms with Crippen molar-refractivity contribution in [2.75, 3.05) is 0 Å². The minimum absolute atomic E-state index is 0.0258. The number of thiol groups is 1. The Balaban J connectivity index is 2.30. The summed E-state index contributed by atoms with van der Waals surface area (Å²) in [5.74, 6) is 0. The summed E-state index contributed by atoms with van der Waals surface area (Å²) >= 11 is 3.66. The molecule has 1 saturated carbocycles. The zero-order valence-corrected chi connectivity index (χ0v) is 6.18. The highest BCUT2D eigenvalue weighted by molar-refractivity contribution is 7.75. The van der Waals surface area contributed by atoms with Gasteiger partial charge in [-0.3, -0.25) is 0 Å². The van der Waals surface area contributed by atoms with Crippen LogP contribution in [0.4, 0.5) is 0 Å². The van der Waals surface area contributed by atoms with E-state index in [-0.39, 0.29) is 12.2 Å². The number of hydrogen-bond acceptors (Lipinski definition) is 3. The van der Waals surface area contributed by atoms with Crippen molar-refractivity contribution < 1.29 is 9.29 Å². The van der Waals surface area contributed by atoms with Crippen LogP contribution in [-0.4, -0.2) is 17.3 Å². The van der Waals surface area contributed by atoms with Crippen LogP contribution in [0.3, 0.4) is 0 Å². The normalized spacial score (nSPS) is 36.7. The summed E-state index contributed by atoms with van der Waals surface area (Å²) in [7, 11) is 0. The fraction of sp³-hybridized carbons (Fsp3) is 1.00. The van der Waals surface area contributed by atoms with E-state index in [2.05, 4.69) is 12.9 Å². The van der Waals surface area contributed by atoms with Crippen LogP contribution in [0.25, 0.3) is 0 Å². The third kappa shape index (κ3) is 1.85. The zero-order chi connectivity index (χ0) is 6.69. The molecule has 2 atom stereocenters. The second-order valence-corrected chi connectivity index (χ2v) is 2.71. The second kappa shape index (κ2) is 3.44. The third-order valence-corrected chi connectivity index (χ3v) is 2.07. The standard InChI is InChI=1S/C6H12O2S/c7-5-3-1-2-4-6(5)8-9/h5-7,9H,1-4H2/t5-,6+/m0/s1. The lowest BCUT2D eigenvalue weighted by atomic mass is 9.95. The molecule has 0 unspecified atom stereocenters. The van der Waals surface area contributed by atoms with Crippen molar-refractivity contribution in [3.8, 4) is 0 Å². The van der Waals surface area contributed by atoms with Gasteiger partial charge in [-0.1, -0.05) is 12.8 Å². The van der Waals surface area contributed by atoms with Crippen LogP contribution in [0.5, 0.6) is 0 Å². The van der Waals surface area contributed by atoms with E-state index >= 15 is 0 Å². The lowest BCUT2D eigenvalue weighted by Crippen LogP contribution is -2.29. The minimum Gasteiger partial charge on any atom is -0.390 e. The van der Waals surface area contributed by atoms with E-state index in [0.29, 0.717) is 0 Å². The smallest absolute Gasteiger partial charge is 0.0977 e. The van der Waals surface area contributed by atoms with Crippen LogP contribution in [0.2, 0.25) is 0 Å². The van der Waals surface area contributed by atoms with Crippen LogP contribution >= 0.6 is 12.9 Å². The van der Waals surface area contributed by atoms with Crippen molar-refractivity contribution in [3.05, 3.63) is 0 Å². The van der Waals surface area contributed by atoms with Gasteiger partial charge in [-0.2, -0.15) is 0 Å². The first-order valence-corrected chi connectivity index (χ1v) is 3.69. The number of rotatable bonds is 1. The molecule has 0 aromatic rings. The van der Waals surface area contributed by atoms with Gasteiger partial charge in [-0.25, -0.2) is 0 Å². The van der Waals surface area contributed by atoms with Gasteiger partial charge in [0, 0.05) is 0 Å². The maximum atomic E-state index is 9.20. The first-order valence-electron chi connectivity index (χ1n) is 3.33. The van der Waals surface area contributed by atoms with Gasteiger partial charge < -0.3 is 9.29 Å². The van der Waals surface area contributed by atoms with E-state index in [1.165, 1.54) is 0 Å². The third-order valence-electron chi connectivity index (χ3n) is 1.80. The molecule has 3 heteroatoms. The van der Waals surface area contributed by atoms with Crippen LogP contribution in [-0.2, 0) is 4.18 Å². The van der Waals surface area contributed by atoms with Gasteiger partial charge in [0.05, 0.1) is 12.2 Å². The number of aliphatic hydroxyl groups excluding tert-OH is 1. The van der Waals surface area contributed by atoms with Gasteiger partial charge in [0.1, 0.15) is 0 Å². The average Bonchev–Trinajstić information content (AvgIpc) is 1.89. The predicted molar refractivity (Wildman–Crippen MR) is 38.3 cm³/mol. The Morgan fingerprint density at radius 3 is 2.44 bits per heavy atom. The van der Waals surface area contributed by atoms with Crippen molar-refractivity contribution in [1.82, 2.24) is 0 Å². The summed E-state index contributed by atoms with van der Waals surface area (Å²) in [6, 6.07) is 0. The first kappa shape index (κ1) is 7.38. The molecular weight excluding hydrogens is 136 g/mol. The topological polar surface area (TPSA) is 29.5 Å². The Labute approximate surface area is 60.8 Å². The molecule has 0 heterocycles. The molecule has 1 N–H and O–H groups in total. The molecule has 1 rings (SSSR count). The van der Waals surface area contributed by atoms with Gasteiger partial charge in [0.2, 0.25) is 0 Å². The first-order chi connectivity index (χ1) is 4.34. The highest BCUT2D eigenvalue weighted by atomic mass is 32.1. The Hall–Kier alpha value is 0.270. The predicted octanol–water partition coefficient (Wildman–Crippen LogP) is 1.15. The summed E-state index contributed by atoms with van der Waals surface area (Å²) < 4.78 is 4.75. The van der Waals surface area contributed by atoms with Crippen LogP contribution in [0.15, 0.2) is 0 Å². The summed E-state index contributed by atoms with van der Waals surface area (Å²) in [6.07, 6.45) is 3.78. The van der Waals surface area contributed by atoms with E-state index in [1.54, 1.807) is 0 Å². The Morgan fingerprint density at radius 2 is 2.00 bits per heavy atom. The van der Waals surface area contributed by atoms with Crippen LogP contribution in [0.1, 0.15) is 25.7 Å². The summed E-state index contributed by atoms with van der Waals surface area (Å²) in [6.45, 7) is 0. The Bertz CT molecular complexity index is 87.1. The molecule has 0 amide bonds. The summed E-state index contributed by atoms with van der Waals surface area (Å²) in [4.78, 5) is 0. The minimum atomic E-state index is -0.281. The monoisotopic (exact) mass is 148 g/mol. The molecular formula is C6H12O2S. The molecule has 0 radical (unpaired) electrons.